The summed E-state index contributed by atoms with van der Waals surface area (Å²) in [5.41, 5.74) is 1.56. The molecule has 1 unspecified atom stereocenters. The molecule has 1 atom stereocenters. The van der Waals surface area contributed by atoms with Gasteiger partial charge in [0, 0.05) is 14.7 Å². The SMILES string of the molecule is Oc1ccc(I)c2c1C=CC2O. The number of aromatic hydroxyl groups is 1. The zero-order chi connectivity index (χ0) is 8.72. The molecule has 0 aromatic heterocycles. The summed E-state index contributed by atoms with van der Waals surface area (Å²) in [6, 6.07) is 3.44. The minimum atomic E-state index is -0.556. The van der Waals surface area contributed by atoms with Crippen molar-refractivity contribution in [3.05, 3.63) is 32.9 Å². The largest absolute Gasteiger partial charge is 0.507 e. The fraction of sp³-hybridized carbons (Fsp3) is 0.111. The molecule has 2 N–H and O–H groups in total. The van der Waals surface area contributed by atoms with Crippen LogP contribution in [0.4, 0.5) is 0 Å². The van der Waals surface area contributed by atoms with Crippen LogP contribution in [0.5, 0.6) is 5.75 Å². The van der Waals surface area contributed by atoms with Gasteiger partial charge in [-0.15, -0.1) is 0 Å². The minimum absolute atomic E-state index is 0.234. The molecule has 0 bridgehead atoms. The van der Waals surface area contributed by atoms with Crippen LogP contribution in [0.15, 0.2) is 18.2 Å². The van der Waals surface area contributed by atoms with Gasteiger partial charge in [-0.1, -0.05) is 12.2 Å². The van der Waals surface area contributed by atoms with Gasteiger partial charge in [0.2, 0.25) is 0 Å². The molecule has 0 saturated carbocycles. The van der Waals surface area contributed by atoms with Crippen LogP contribution >= 0.6 is 22.6 Å². The van der Waals surface area contributed by atoms with Crippen LogP contribution < -0.4 is 0 Å². The first-order valence-electron chi connectivity index (χ1n) is 3.58. The molecule has 0 fully saturated rings. The van der Waals surface area contributed by atoms with Gasteiger partial charge in [-0.25, -0.2) is 0 Å². The second-order valence-corrected chi connectivity index (χ2v) is 3.86. The molecule has 2 nitrogen and oxygen atoms in total. The number of phenolic OH excluding ortho intramolecular Hbond substituents is 1. The Morgan fingerprint density at radius 2 is 2.08 bits per heavy atom. The van der Waals surface area contributed by atoms with Crippen molar-refractivity contribution in [2.24, 2.45) is 0 Å². The van der Waals surface area contributed by atoms with E-state index < -0.39 is 6.10 Å². The normalized spacial score (nSPS) is 19.7. The van der Waals surface area contributed by atoms with Crippen molar-refractivity contribution in [1.29, 1.82) is 0 Å². The second-order valence-electron chi connectivity index (χ2n) is 2.70. The van der Waals surface area contributed by atoms with Crippen LogP contribution in [-0.2, 0) is 0 Å². The fourth-order valence-electron chi connectivity index (χ4n) is 1.36. The zero-order valence-corrected chi connectivity index (χ0v) is 8.32. The number of hydrogen-bond acceptors (Lipinski definition) is 2. The molecule has 0 spiro atoms. The van der Waals surface area contributed by atoms with Crippen LogP contribution in [0.3, 0.4) is 0 Å². The number of fused-ring (bicyclic) bond motifs is 1. The van der Waals surface area contributed by atoms with E-state index in [9.17, 15) is 10.2 Å². The van der Waals surface area contributed by atoms with Gasteiger partial charge in [0.15, 0.2) is 0 Å². The van der Waals surface area contributed by atoms with Crippen molar-refractivity contribution in [3.8, 4) is 5.75 Å². The lowest BCUT2D eigenvalue weighted by Gasteiger charge is -2.07. The summed E-state index contributed by atoms with van der Waals surface area (Å²) in [6.07, 6.45) is 2.86. The third-order valence-corrected chi connectivity index (χ3v) is 2.89. The van der Waals surface area contributed by atoms with E-state index in [-0.39, 0.29) is 5.75 Å². The summed E-state index contributed by atoms with van der Waals surface area (Å²) in [5, 5.41) is 18.9. The summed E-state index contributed by atoms with van der Waals surface area (Å²) in [7, 11) is 0. The Bertz CT molecular complexity index is 358. The number of rotatable bonds is 0. The van der Waals surface area contributed by atoms with E-state index in [4.69, 9.17) is 0 Å². The lowest BCUT2D eigenvalue weighted by Crippen LogP contribution is -1.94. The van der Waals surface area contributed by atoms with Gasteiger partial charge in [-0.05, 0) is 34.7 Å². The van der Waals surface area contributed by atoms with E-state index in [1.165, 1.54) is 0 Å². The molecule has 0 amide bonds. The number of hydrogen-bond donors (Lipinski definition) is 2. The molecule has 1 aliphatic carbocycles. The molecule has 1 aromatic carbocycles. The average molecular weight is 274 g/mol. The van der Waals surface area contributed by atoms with Crippen LogP contribution in [0.25, 0.3) is 6.08 Å². The van der Waals surface area contributed by atoms with E-state index in [0.717, 1.165) is 14.7 Å². The Hall–Kier alpha value is -0.550. The van der Waals surface area contributed by atoms with Crippen LogP contribution in [0, 0.1) is 3.57 Å². The fourth-order valence-corrected chi connectivity index (χ4v) is 2.15. The molecule has 62 valence electrons. The Balaban J connectivity index is 2.71. The molecule has 0 aliphatic heterocycles. The topological polar surface area (TPSA) is 40.5 Å². The second kappa shape index (κ2) is 2.74. The van der Waals surface area contributed by atoms with Crippen molar-refractivity contribution >= 4 is 28.7 Å². The predicted octanol–water partition coefficient (Wildman–Crippen LogP) is 2.06. The van der Waals surface area contributed by atoms with Crippen molar-refractivity contribution in [2.45, 2.75) is 6.10 Å². The maximum absolute atomic E-state index is 9.48. The number of halogens is 1. The Morgan fingerprint density at radius 1 is 1.33 bits per heavy atom. The van der Waals surface area contributed by atoms with Gasteiger partial charge in [-0.3, -0.25) is 0 Å². The highest BCUT2D eigenvalue weighted by molar-refractivity contribution is 14.1. The van der Waals surface area contributed by atoms with E-state index in [2.05, 4.69) is 22.6 Å². The Morgan fingerprint density at radius 3 is 2.75 bits per heavy atom. The van der Waals surface area contributed by atoms with E-state index in [1.54, 1.807) is 24.3 Å². The first kappa shape index (κ1) is 8.07. The van der Waals surface area contributed by atoms with Gasteiger partial charge in [-0.2, -0.15) is 0 Å². The smallest absolute Gasteiger partial charge is 0.123 e. The van der Waals surface area contributed by atoms with E-state index in [0.29, 0.717) is 0 Å². The number of phenols is 1. The van der Waals surface area contributed by atoms with Crippen molar-refractivity contribution in [3.63, 3.8) is 0 Å². The molecule has 12 heavy (non-hydrogen) atoms. The lowest BCUT2D eigenvalue weighted by atomic mass is 10.1. The minimum Gasteiger partial charge on any atom is -0.507 e. The molecule has 2 rings (SSSR count). The summed E-state index contributed by atoms with van der Waals surface area (Å²) in [5.74, 6) is 0.234. The quantitative estimate of drug-likeness (QED) is 0.711. The van der Waals surface area contributed by atoms with Crippen molar-refractivity contribution in [1.82, 2.24) is 0 Å². The molecule has 0 radical (unpaired) electrons. The summed E-state index contributed by atoms with van der Waals surface area (Å²) < 4.78 is 0.984. The molecular weight excluding hydrogens is 267 g/mol. The lowest BCUT2D eigenvalue weighted by molar-refractivity contribution is 0.231. The standard InChI is InChI=1S/C9H7IO2/c10-6-2-4-7(11)5-1-3-8(12)9(5)6/h1-4,8,11-12H. The number of aliphatic hydroxyl groups is 1. The van der Waals surface area contributed by atoms with Crippen LogP contribution in [-0.4, -0.2) is 10.2 Å². The summed E-state index contributed by atoms with van der Waals surface area (Å²) in [4.78, 5) is 0. The van der Waals surface area contributed by atoms with Crippen molar-refractivity contribution in [2.75, 3.05) is 0 Å². The van der Waals surface area contributed by atoms with Gasteiger partial charge >= 0.3 is 0 Å². The maximum atomic E-state index is 9.48. The van der Waals surface area contributed by atoms with E-state index in [1.807, 2.05) is 0 Å². The Labute approximate surface area is 83.7 Å². The molecule has 1 aromatic rings. The predicted molar refractivity (Wildman–Crippen MR) is 54.8 cm³/mol. The highest BCUT2D eigenvalue weighted by atomic mass is 127. The maximum Gasteiger partial charge on any atom is 0.123 e. The highest BCUT2D eigenvalue weighted by Crippen LogP contribution is 2.36. The zero-order valence-electron chi connectivity index (χ0n) is 6.16. The van der Waals surface area contributed by atoms with Gasteiger partial charge in [0.1, 0.15) is 5.75 Å². The monoisotopic (exact) mass is 274 g/mol. The molecular formula is C9H7IO2. The summed E-state index contributed by atoms with van der Waals surface area (Å²) >= 11 is 2.15. The van der Waals surface area contributed by atoms with Gasteiger partial charge in [0.25, 0.3) is 0 Å². The number of aliphatic hydroxyl groups excluding tert-OH is 1. The van der Waals surface area contributed by atoms with Crippen molar-refractivity contribution < 1.29 is 10.2 Å². The molecule has 1 aliphatic rings. The van der Waals surface area contributed by atoms with Crippen LogP contribution in [0.1, 0.15) is 17.2 Å². The van der Waals surface area contributed by atoms with Crippen LogP contribution in [0.2, 0.25) is 0 Å². The third kappa shape index (κ3) is 1.04. The molecule has 0 heterocycles. The third-order valence-electron chi connectivity index (χ3n) is 1.95. The van der Waals surface area contributed by atoms with Gasteiger partial charge < -0.3 is 10.2 Å². The van der Waals surface area contributed by atoms with E-state index >= 15 is 0 Å². The highest BCUT2D eigenvalue weighted by Gasteiger charge is 2.19. The number of benzene rings is 1. The average Bonchev–Trinajstić information content (AvgIpc) is 2.42. The first-order chi connectivity index (χ1) is 5.70. The molecule has 0 saturated heterocycles. The first-order valence-corrected chi connectivity index (χ1v) is 4.65. The summed E-state index contributed by atoms with van der Waals surface area (Å²) in [6.45, 7) is 0. The van der Waals surface area contributed by atoms with Gasteiger partial charge in [0.05, 0.1) is 6.10 Å². The Kier molecular flexibility index (Phi) is 1.84. The molecule has 3 heteroatoms.